The molecule has 9 nitrogen and oxygen atoms in total. The summed E-state index contributed by atoms with van der Waals surface area (Å²) in [4.78, 5) is 23.7. The van der Waals surface area contributed by atoms with Gasteiger partial charge in [0.25, 0.3) is 0 Å². The molecule has 36 heavy (non-hydrogen) atoms. The summed E-state index contributed by atoms with van der Waals surface area (Å²) in [6.45, 7) is 0.169. The van der Waals surface area contributed by atoms with Crippen LogP contribution in [-0.4, -0.2) is 39.4 Å². The van der Waals surface area contributed by atoms with Crippen LogP contribution in [0.3, 0.4) is 0 Å². The second kappa shape index (κ2) is 9.26. The van der Waals surface area contributed by atoms with E-state index in [2.05, 4.69) is 0 Å². The Morgan fingerprint density at radius 1 is 0.833 bits per heavy atom. The second-order valence-corrected chi connectivity index (χ2v) is 10.6. The number of esters is 1. The van der Waals surface area contributed by atoms with Gasteiger partial charge in [0.2, 0.25) is 0 Å². The van der Waals surface area contributed by atoms with Gasteiger partial charge < -0.3 is 34.2 Å². The topological polar surface area (TPSA) is 143 Å². The molecule has 1 atom stereocenters. The van der Waals surface area contributed by atoms with Crippen LogP contribution in [-0.2, 0) is 19.4 Å². The highest BCUT2D eigenvalue weighted by molar-refractivity contribution is 7.61. The smallest absolute Gasteiger partial charge is 0.358 e. The minimum Gasteiger partial charge on any atom is -0.508 e. The average molecular weight is 512 g/mol. The highest BCUT2D eigenvalue weighted by Gasteiger charge is 2.54. The van der Waals surface area contributed by atoms with Crippen molar-refractivity contribution in [3.8, 4) is 23.0 Å². The van der Waals surface area contributed by atoms with Gasteiger partial charge in [-0.25, -0.2) is 4.79 Å². The highest BCUT2D eigenvalue weighted by Crippen LogP contribution is 2.57. The number of carbonyl (C=O) groups is 1. The van der Waals surface area contributed by atoms with Crippen LogP contribution in [0.4, 0.5) is 0 Å². The number of rotatable bonds is 8. The zero-order valence-corrected chi connectivity index (χ0v) is 20.1. The molecule has 1 unspecified atom stereocenters. The fraction of sp³-hybridized carbons (Fsp3) is 0.269. The van der Waals surface area contributed by atoms with Crippen molar-refractivity contribution >= 4 is 18.9 Å². The van der Waals surface area contributed by atoms with E-state index in [9.17, 15) is 24.5 Å². The number of aromatic hydroxyl groups is 2. The molecule has 3 aromatic rings. The van der Waals surface area contributed by atoms with Gasteiger partial charge in [0.15, 0.2) is 5.60 Å². The summed E-state index contributed by atoms with van der Waals surface area (Å²) in [6, 6.07) is 13.0. The molecule has 0 bridgehead atoms. The van der Waals surface area contributed by atoms with Gasteiger partial charge in [0, 0.05) is 35.4 Å². The first-order chi connectivity index (χ1) is 17.3. The molecule has 0 saturated heterocycles. The Kier molecular flexibility index (Phi) is 6.26. The number of carbonyl (C=O) groups excluding carboxylic acids is 1. The summed E-state index contributed by atoms with van der Waals surface area (Å²) >= 11 is 0. The Morgan fingerprint density at radius 2 is 1.47 bits per heavy atom. The molecule has 10 heteroatoms. The van der Waals surface area contributed by atoms with E-state index in [1.807, 2.05) is 0 Å². The quantitative estimate of drug-likeness (QED) is 0.200. The maximum atomic E-state index is 13.1. The van der Waals surface area contributed by atoms with E-state index in [1.165, 1.54) is 42.5 Å². The van der Waals surface area contributed by atoms with Gasteiger partial charge in [-0.15, -0.1) is 0 Å². The number of phenols is 2. The van der Waals surface area contributed by atoms with E-state index >= 15 is 0 Å². The number of phenolic OH excluding ortho intramolecular Hbond substituents is 2. The van der Waals surface area contributed by atoms with Crippen LogP contribution in [0.1, 0.15) is 52.7 Å². The molecule has 2 aliphatic heterocycles. The van der Waals surface area contributed by atoms with Crippen LogP contribution < -0.4 is 10.0 Å². The van der Waals surface area contributed by atoms with Gasteiger partial charge in [0.1, 0.15) is 23.0 Å². The molecule has 0 aromatic heterocycles. The summed E-state index contributed by atoms with van der Waals surface area (Å²) in [5.74, 6) is -0.346. The second-order valence-electron chi connectivity index (χ2n) is 8.76. The van der Waals surface area contributed by atoms with Crippen LogP contribution >= 0.6 is 7.60 Å². The van der Waals surface area contributed by atoms with Gasteiger partial charge in [-0.05, 0) is 55.3 Å². The molecular formula is C26H25O9P. The number of hydrogen-bond acceptors (Lipinski definition) is 8. The monoisotopic (exact) mass is 512 g/mol. The van der Waals surface area contributed by atoms with Crippen molar-refractivity contribution in [2.24, 2.45) is 0 Å². The molecule has 0 aliphatic carbocycles. The van der Waals surface area contributed by atoms with Crippen molar-refractivity contribution < 1.29 is 43.6 Å². The van der Waals surface area contributed by atoms with E-state index in [-0.39, 0.29) is 47.1 Å². The third kappa shape index (κ3) is 4.04. The van der Waals surface area contributed by atoms with E-state index in [0.717, 1.165) is 12.8 Å². The molecule has 0 radical (unpaired) electrons. The van der Waals surface area contributed by atoms with Crippen molar-refractivity contribution in [1.29, 1.82) is 0 Å². The molecule has 0 fully saturated rings. The number of benzene rings is 3. The Labute approximate surface area is 207 Å². The van der Waals surface area contributed by atoms with Crippen molar-refractivity contribution in [2.45, 2.75) is 31.3 Å². The first-order valence-electron chi connectivity index (χ1n) is 11.6. The molecule has 2 aliphatic rings. The Morgan fingerprint density at radius 3 is 2.11 bits per heavy atom. The van der Waals surface area contributed by atoms with E-state index in [1.54, 1.807) is 12.1 Å². The fourth-order valence-electron chi connectivity index (χ4n) is 4.69. The molecule has 4 N–H and O–H groups in total. The van der Waals surface area contributed by atoms with Gasteiger partial charge >= 0.3 is 13.6 Å². The van der Waals surface area contributed by atoms with Gasteiger partial charge in [0.05, 0.1) is 17.5 Å². The molecule has 3 aromatic carbocycles. The number of aliphatic hydroxyl groups is 1. The minimum atomic E-state index is -4.23. The van der Waals surface area contributed by atoms with Crippen molar-refractivity contribution in [2.75, 3.05) is 13.2 Å². The SMILES string of the molecule is O=C1OC2(c3ccc(O)cc3Oc3cc(O)ccc32)c2cc(P(=O)(O)OCCCCCCO)ccc21. The van der Waals surface area contributed by atoms with Crippen molar-refractivity contribution in [3.63, 3.8) is 0 Å². The number of fused-ring (bicyclic) bond motifs is 6. The summed E-state index contributed by atoms with van der Waals surface area (Å²) in [5.41, 5.74) is -0.159. The zero-order valence-electron chi connectivity index (χ0n) is 19.2. The normalized spacial score (nSPS) is 16.4. The van der Waals surface area contributed by atoms with Gasteiger partial charge in [-0.2, -0.15) is 0 Å². The lowest BCUT2D eigenvalue weighted by Crippen LogP contribution is -2.33. The standard InChI is InChI=1S/C26H25O9P/c27-11-3-1-2-4-12-33-36(31,32)18-7-8-19-22(15-18)26(35-25(19)30)20-9-5-16(28)13-23(20)34-24-14-17(29)6-10-21(24)26/h5-10,13-15,27-29H,1-4,11-12H2,(H,31,32). The number of unbranched alkanes of at least 4 members (excludes halogenated alkanes) is 3. The van der Waals surface area contributed by atoms with Crippen molar-refractivity contribution in [1.82, 2.24) is 0 Å². The number of ether oxygens (including phenoxy) is 2. The lowest BCUT2D eigenvalue weighted by Gasteiger charge is -2.36. The largest absolute Gasteiger partial charge is 0.508 e. The molecule has 1 spiro atoms. The van der Waals surface area contributed by atoms with E-state index in [0.29, 0.717) is 29.5 Å². The predicted octanol–water partition coefficient (Wildman–Crippen LogP) is 4.05. The summed E-state index contributed by atoms with van der Waals surface area (Å²) in [5, 5.41) is 28.9. The minimum absolute atomic E-state index is 0.00133. The lowest BCUT2D eigenvalue weighted by molar-refractivity contribution is 0.0224. The van der Waals surface area contributed by atoms with Crippen LogP contribution in [0, 0.1) is 0 Å². The van der Waals surface area contributed by atoms with E-state index < -0.39 is 19.2 Å². The molecule has 188 valence electrons. The number of hydrogen-bond donors (Lipinski definition) is 4. The van der Waals surface area contributed by atoms with Crippen LogP contribution in [0.5, 0.6) is 23.0 Å². The molecule has 2 heterocycles. The van der Waals surface area contributed by atoms with Crippen molar-refractivity contribution in [3.05, 3.63) is 76.9 Å². The fourth-order valence-corrected chi connectivity index (χ4v) is 5.77. The summed E-state index contributed by atoms with van der Waals surface area (Å²) in [7, 11) is -4.23. The van der Waals surface area contributed by atoms with Crippen LogP contribution in [0.2, 0.25) is 0 Å². The van der Waals surface area contributed by atoms with Gasteiger partial charge in [-0.3, -0.25) is 4.57 Å². The predicted molar refractivity (Wildman–Crippen MR) is 129 cm³/mol. The zero-order chi connectivity index (χ0) is 25.5. The van der Waals surface area contributed by atoms with E-state index in [4.69, 9.17) is 19.1 Å². The molecule has 5 rings (SSSR count). The van der Waals surface area contributed by atoms with Crippen LogP contribution in [0.25, 0.3) is 0 Å². The summed E-state index contributed by atoms with van der Waals surface area (Å²) in [6.07, 6.45) is 2.78. The maximum absolute atomic E-state index is 13.1. The average Bonchev–Trinajstić information content (AvgIpc) is 3.13. The Balaban J connectivity index is 1.58. The van der Waals surface area contributed by atoms with Gasteiger partial charge in [-0.1, -0.05) is 12.8 Å². The number of aliphatic hydroxyl groups excluding tert-OH is 1. The lowest BCUT2D eigenvalue weighted by atomic mass is 9.77. The maximum Gasteiger partial charge on any atom is 0.358 e. The third-order valence-electron chi connectivity index (χ3n) is 6.40. The first-order valence-corrected chi connectivity index (χ1v) is 13.2. The Hall–Kier alpha value is -3.36. The molecule has 0 amide bonds. The van der Waals surface area contributed by atoms with Crippen LogP contribution in [0.15, 0.2) is 54.6 Å². The summed E-state index contributed by atoms with van der Waals surface area (Å²) < 4.78 is 30.4. The molecule has 0 saturated carbocycles. The first kappa shape index (κ1) is 24.3. The third-order valence-corrected chi connectivity index (χ3v) is 7.87. The molecular weight excluding hydrogens is 487 g/mol. The Bertz CT molecular complexity index is 1330. The highest BCUT2D eigenvalue weighted by atomic mass is 31.2.